The number of hydrogen-bond donors (Lipinski definition) is 0. The summed E-state index contributed by atoms with van der Waals surface area (Å²) in [5, 5.41) is 0.187. The molecule has 5 atom stereocenters. The molecule has 4 heteroatoms. The van der Waals surface area contributed by atoms with Crippen molar-refractivity contribution in [3.8, 4) is 5.75 Å². The maximum Gasteiger partial charge on any atom is 0.250 e. The summed E-state index contributed by atoms with van der Waals surface area (Å²) >= 11 is 3.80. The standard InChI is InChI=1S/C24H33BrO2Si/c1-23(2,3)28(5,6)27-17-7-8-20(25)18(12-17)22(26-4)21-14-9-15-10-16-11-19(21)24(15,16)13-14/h7-8,12,14-16,19H,9-11,13H2,1-6H3/b22-21+. The second-order valence-corrected chi connectivity index (χ2v) is 16.7. The first kappa shape index (κ1) is 19.2. The van der Waals surface area contributed by atoms with Crippen LogP contribution < -0.4 is 4.43 Å². The summed E-state index contributed by atoms with van der Waals surface area (Å²) in [6, 6.07) is 6.46. The van der Waals surface area contributed by atoms with Crippen molar-refractivity contribution < 1.29 is 9.16 Å². The Morgan fingerprint density at radius 3 is 2.46 bits per heavy atom. The highest BCUT2D eigenvalue weighted by molar-refractivity contribution is 9.10. The predicted molar refractivity (Wildman–Crippen MR) is 121 cm³/mol. The van der Waals surface area contributed by atoms with Gasteiger partial charge in [0.2, 0.25) is 8.32 Å². The Balaban J connectivity index is 1.52. The molecule has 152 valence electrons. The summed E-state index contributed by atoms with van der Waals surface area (Å²) in [6.45, 7) is 11.5. The van der Waals surface area contributed by atoms with Gasteiger partial charge in [-0.2, -0.15) is 0 Å². The molecule has 1 aromatic carbocycles. The number of hydrogen-bond acceptors (Lipinski definition) is 2. The summed E-state index contributed by atoms with van der Waals surface area (Å²) in [6.07, 6.45) is 5.72. The molecule has 0 aliphatic heterocycles. The minimum atomic E-state index is -1.87. The predicted octanol–water partition coefficient (Wildman–Crippen LogP) is 7.26. The minimum Gasteiger partial charge on any atom is -0.543 e. The van der Waals surface area contributed by atoms with E-state index in [0.29, 0.717) is 5.41 Å². The monoisotopic (exact) mass is 460 g/mol. The molecule has 0 radical (unpaired) electrons. The lowest BCUT2D eigenvalue weighted by Gasteiger charge is -2.66. The van der Waals surface area contributed by atoms with Gasteiger partial charge in [0.15, 0.2) is 0 Å². The van der Waals surface area contributed by atoms with E-state index in [0.717, 1.165) is 39.7 Å². The third kappa shape index (κ3) is 2.37. The number of rotatable bonds is 4. The maximum absolute atomic E-state index is 6.61. The normalized spacial score (nSPS) is 37.1. The number of halogens is 1. The van der Waals surface area contributed by atoms with Crippen LogP contribution in [0, 0.1) is 29.1 Å². The second kappa shape index (κ2) is 5.91. The zero-order valence-corrected chi connectivity index (χ0v) is 20.7. The highest BCUT2D eigenvalue weighted by Crippen LogP contribution is 2.83. The van der Waals surface area contributed by atoms with Gasteiger partial charge in [0.25, 0.3) is 0 Å². The van der Waals surface area contributed by atoms with Crippen molar-refractivity contribution in [2.75, 3.05) is 7.11 Å². The molecule has 1 aromatic rings. The molecule has 2 bridgehead atoms. The van der Waals surface area contributed by atoms with Crippen LogP contribution in [0.15, 0.2) is 28.2 Å². The molecule has 0 amide bonds. The fraction of sp³-hybridized carbons (Fsp3) is 0.667. The molecule has 0 N–H and O–H groups in total. The van der Waals surface area contributed by atoms with Gasteiger partial charge in [-0.15, -0.1) is 0 Å². The van der Waals surface area contributed by atoms with Crippen LogP contribution >= 0.6 is 15.9 Å². The minimum absolute atomic E-state index is 0.187. The van der Waals surface area contributed by atoms with Gasteiger partial charge in [0.1, 0.15) is 11.5 Å². The second-order valence-electron chi connectivity index (χ2n) is 11.2. The molecule has 4 aliphatic carbocycles. The Labute approximate surface area is 179 Å². The maximum atomic E-state index is 6.61. The van der Waals surface area contributed by atoms with Crippen LogP contribution in [-0.4, -0.2) is 15.4 Å². The molecule has 2 nitrogen and oxygen atoms in total. The van der Waals surface area contributed by atoms with Gasteiger partial charge < -0.3 is 9.16 Å². The van der Waals surface area contributed by atoms with Crippen molar-refractivity contribution in [3.63, 3.8) is 0 Å². The van der Waals surface area contributed by atoms with Gasteiger partial charge in [0, 0.05) is 10.0 Å². The highest BCUT2D eigenvalue weighted by atomic mass is 79.9. The van der Waals surface area contributed by atoms with E-state index in [2.05, 4.69) is 68.0 Å². The molecular weight excluding hydrogens is 428 g/mol. The fourth-order valence-corrected chi connectivity index (χ4v) is 8.13. The first-order valence-corrected chi connectivity index (χ1v) is 14.6. The number of benzene rings is 1. The molecule has 0 heterocycles. The van der Waals surface area contributed by atoms with Gasteiger partial charge in [0.05, 0.1) is 7.11 Å². The molecular formula is C24H33BrO2Si. The average molecular weight is 462 g/mol. The number of methoxy groups -OCH3 is 1. The van der Waals surface area contributed by atoms with Crippen molar-refractivity contribution in [1.82, 2.24) is 0 Å². The lowest BCUT2D eigenvalue weighted by molar-refractivity contribution is -0.159. The molecule has 4 saturated carbocycles. The highest BCUT2D eigenvalue weighted by Gasteiger charge is 2.75. The Morgan fingerprint density at radius 2 is 1.86 bits per heavy atom. The quantitative estimate of drug-likeness (QED) is 0.347. The third-order valence-electron chi connectivity index (χ3n) is 9.07. The summed E-state index contributed by atoms with van der Waals surface area (Å²) in [7, 11) is -0.0103. The zero-order chi connectivity index (χ0) is 20.1. The van der Waals surface area contributed by atoms with Gasteiger partial charge in [-0.1, -0.05) is 36.7 Å². The third-order valence-corrected chi connectivity index (χ3v) is 14.1. The number of ether oxygens (including phenoxy) is 1. The zero-order valence-electron chi connectivity index (χ0n) is 18.1. The van der Waals surface area contributed by atoms with Crippen LogP contribution in [0.25, 0.3) is 5.76 Å². The molecule has 5 unspecified atom stereocenters. The summed E-state index contributed by atoms with van der Waals surface area (Å²) < 4.78 is 13.8. The molecule has 0 saturated heterocycles. The molecule has 28 heavy (non-hydrogen) atoms. The van der Waals surface area contributed by atoms with Crippen molar-refractivity contribution in [2.24, 2.45) is 29.1 Å². The molecule has 0 aromatic heterocycles. The molecule has 1 spiro atoms. The van der Waals surface area contributed by atoms with Gasteiger partial charge in [-0.3, -0.25) is 0 Å². The van der Waals surface area contributed by atoms with E-state index in [9.17, 15) is 0 Å². The van der Waals surface area contributed by atoms with Crippen molar-refractivity contribution in [2.45, 2.75) is 64.6 Å². The first-order chi connectivity index (χ1) is 13.1. The van der Waals surface area contributed by atoms with E-state index in [1.165, 1.54) is 31.2 Å². The summed E-state index contributed by atoms with van der Waals surface area (Å²) in [5.41, 5.74) is 3.47. The van der Waals surface area contributed by atoms with Crippen molar-refractivity contribution in [1.29, 1.82) is 0 Å². The van der Waals surface area contributed by atoms with E-state index in [1.54, 1.807) is 5.57 Å². The van der Waals surface area contributed by atoms with E-state index >= 15 is 0 Å². The van der Waals surface area contributed by atoms with Crippen LogP contribution in [0.2, 0.25) is 18.1 Å². The topological polar surface area (TPSA) is 18.5 Å². The first-order valence-electron chi connectivity index (χ1n) is 10.9. The van der Waals surface area contributed by atoms with E-state index in [-0.39, 0.29) is 5.04 Å². The fourth-order valence-electron chi connectivity index (χ4n) is 6.68. The largest absolute Gasteiger partial charge is 0.543 e. The van der Waals surface area contributed by atoms with Crippen LogP contribution in [-0.2, 0) is 4.74 Å². The Bertz CT molecular complexity index is 868. The molecule has 4 fully saturated rings. The smallest absolute Gasteiger partial charge is 0.250 e. The van der Waals surface area contributed by atoms with Crippen LogP contribution in [0.3, 0.4) is 0 Å². The van der Waals surface area contributed by atoms with Gasteiger partial charge in [-0.05, 0) is 96.7 Å². The SMILES string of the molecule is CO/C(=C1\C2CC3CC4CC1C34C2)c1cc(O[Si](C)(C)C(C)(C)C)ccc1Br. The van der Waals surface area contributed by atoms with Crippen LogP contribution in [0.1, 0.15) is 52.0 Å². The van der Waals surface area contributed by atoms with Gasteiger partial charge in [-0.25, -0.2) is 0 Å². The van der Waals surface area contributed by atoms with Crippen molar-refractivity contribution in [3.05, 3.63) is 33.8 Å². The number of fused-ring (bicyclic) bond motifs is 1. The Morgan fingerprint density at radius 1 is 1.14 bits per heavy atom. The lowest BCUT2D eigenvalue weighted by atomic mass is 9.38. The molecule has 4 aliphatic rings. The van der Waals surface area contributed by atoms with Crippen LogP contribution in [0.4, 0.5) is 0 Å². The molecule has 5 rings (SSSR count). The lowest BCUT2D eigenvalue weighted by Crippen LogP contribution is -2.60. The Kier molecular flexibility index (Phi) is 4.06. The Hall–Kier alpha value is -0.743. The summed E-state index contributed by atoms with van der Waals surface area (Å²) in [5.74, 6) is 5.66. The van der Waals surface area contributed by atoms with E-state index in [4.69, 9.17) is 9.16 Å². The van der Waals surface area contributed by atoms with Crippen LogP contribution in [0.5, 0.6) is 5.75 Å². The number of allylic oxidation sites excluding steroid dienone is 1. The average Bonchev–Trinajstić information content (AvgIpc) is 3.08. The van der Waals surface area contributed by atoms with E-state index in [1.807, 2.05) is 7.11 Å². The van der Waals surface area contributed by atoms with Gasteiger partial charge >= 0.3 is 0 Å². The summed E-state index contributed by atoms with van der Waals surface area (Å²) in [4.78, 5) is 0. The van der Waals surface area contributed by atoms with E-state index < -0.39 is 8.32 Å². The van der Waals surface area contributed by atoms with Crippen molar-refractivity contribution >= 4 is 30.0 Å².